The summed E-state index contributed by atoms with van der Waals surface area (Å²) < 4.78 is 1.93. The average Bonchev–Trinajstić information content (AvgIpc) is 2.87. The van der Waals surface area contributed by atoms with E-state index in [4.69, 9.17) is 11.6 Å². The first-order chi connectivity index (χ1) is 11.9. The van der Waals surface area contributed by atoms with Gasteiger partial charge < -0.3 is 10.6 Å². The van der Waals surface area contributed by atoms with E-state index in [1.54, 1.807) is 0 Å². The number of nitrogens with one attached hydrogen (secondary N) is 2. The van der Waals surface area contributed by atoms with Gasteiger partial charge in [0.15, 0.2) is 0 Å². The Kier molecular flexibility index (Phi) is 7.02. The van der Waals surface area contributed by atoms with Crippen molar-refractivity contribution < 1.29 is 4.79 Å². The van der Waals surface area contributed by atoms with Crippen LogP contribution in [0.4, 0.5) is 0 Å². The standard InChI is InChI=1S/C19H27ClN4O/c1-5-13(2)22-19(25)10-11-21-12-18-14(3)23-24(15(18)4)17-8-6-16(20)7-9-17/h6-9,13,21H,5,10-12H2,1-4H3,(H,22,25). The molecule has 0 saturated carbocycles. The van der Waals surface area contributed by atoms with E-state index in [0.717, 1.165) is 29.1 Å². The van der Waals surface area contributed by atoms with Crippen LogP contribution in [0.15, 0.2) is 24.3 Å². The molecule has 1 atom stereocenters. The van der Waals surface area contributed by atoms with Gasteiger partial charge >= 0.3 is 0 Å². The summed E-state index contributed by atoms with van der Waals surface area (Å²) in [4.78, 5) is 11.8. The van der Waals surface area contributed by atoms with Gasteiger partial charge in [-0.25, -0.2) is 4.68 Å². The lowest BCUT2D eigenvalue weighted by atomic mass is 10.2. The van der Waals surface area contributed by atoms with Gasteiger partial charge in [-0.05, 0) is 51.5 Å². The minimum absolute atomic E-state index is 0.0900. The van der Waals surface area contributed by atoms with E-state index in [1.807, 2.05) is 42.8 Å². The van der Waals surface area contributed by atoms with Crippen LogP contribution in [0.5, 0.6) is 0 Å². The fourth-order valence-corrected chi connectivity index (χ4v) is 2.75. The zero-order valence-corrected chi connectivity index (χ0v) is 16.2. The Hall–Kier alpha value is -1.85. The monoisotopic (exact) mass is 362 g/mol. The number of hydrogen-bond acceptors (Lipinski definition) is 3. The molecule has 1 unspecified atom stereocenters. The summed E-state index contributed by atoms with van der Waals surface area (Å²) in [6.45, 7) is 9.48. The van der Waals surface area contributed by atoms with Crippen molar-refractivity contribution in [3.63, 3.8) is 0 Å². The fourth-order valence-electron chi connectivity index (χ4n) is 2.63. The molecule has 136 valence electrons. The molecule has 1 aromatic carbocycles. The molecule has 6 heteroatoms. The number of hydrogen-bond donors (Lipinski definition) is 2. The number of nitrogens with zero attached hydrogens (tertiary/aromatic N) is 2. The molecular weight excluding hydrogens is 336 g/mol. The van der Waals surface area contributed by atoms with Gasteiger partial charge in [0.25, 0.3) is 0 Å². The highest BCUT2D eigenvalue weighted by Crippen LogP contribution is 2.19. The van der Waals surface area contributed by atoms with Crippen molar-refractivity contribution in [2.24, 2.45) is 0 Å². The third-order valence-corrected chi connectivity index (χ3v) is 4.61. The van der Waals surface area contributed by atoms with Crippen molar-refractivity contribution in [2.75, 3.05) is 6.54 Å². The highest BCUT2D eigenvalue weighted by molar-refractivity contribution is 6.30. The average molecular weight is 363 g/mol. The molecule has 0 fully saturated rings. The Bertz CT molecular complexity index is 709. The molecule has 0 aliphatic rings. The minimum atomic E-state index is 0.0900. The molecule has 25 heavy (non-hydrogen) atoms. The number of halogens is 1. The SMILES string of the molecule is CCC(C)NC(=O)CCNCc1c(C)nn(-c2ccc(Cl)cc2)c1C. The smallest absolute Gasteiger partial charge is 0.221 e. The molecule has 1 amide bonds. The van der Waals surface area contributed by atoms with Gasteiger partial charge in [0.05, 0.1) is 11.4 Å². The van der Waals surface area contributed by atoms with Gasteiger partial charge in [-0.1, -0.05) is 18.5 Å². The fraction of sp³-hybridized carbons (Fsp3) is 0.474. The summed E-state index contributed by atoms with van der Waals surface area (Å²) >= 11 is 5.95. The third kappa shape index (κ3) is 5.31. The van der Waals surface area contributed by atoms with Crippen molar-refractivity contribution in [3.05, 3.63) is 46.2 Å². The largest absolute Gasteiger partial charge is 0.354 e. The Morgan fingerprint density at radius 1 is 1.28 bits per heavy atom. The lowest BCUT2D eigenvalue weighted by Gasteiger charge is -2.11. The van der Waals surface area contributed by atoms with E-state index in [1.165, 1.54) is 0 Å². The highest BCUT2D eigenvalue weighted by atomic mass is 35.5. The first-order valence-corrected chi connectivity index (χ1v) is 9.11. The predicted octanol–water partition coefficient (Wildman–Crippen LogP) is 3.54. The molecule has 2 rings (SSSR count). The van der Waals surface area contributed by atoms with E-state index in [2.05, 4.69) is 29.6 Å². The molecule has 0 bridgehead atoms. The summed E-state index contributed by atoms with van der Waals surface area (Å²) in [6, 6.07) is 7.87. The predicted molar refractivity (Wildman–Crippen MR) is 102 cm³/mol. The van der Waals surface area contributed by atoms with Crippen LogP contribution in [-0.2, 0) is 11.3 Å². The van der Waals surface area contributed by atoms with E-state index in [0.29, 0.717) is 24.5 Å². The topological polar surface area (TPSA) is 59.0 Å². The van der Waals surface area contributed by atoms with Crippen LogP contribution in [0.1, 0.15) is 43.6 Å². The van der Waals surface area contributed by atoms with E-state index in [9.17, 15) is 4.79 Å². The van der Waals surface area contributed by atoms with Gasteiger partial charge in [0.2, 0.25) is 5.91 Å². The molecule has 5 nitrogen and oxygen atoms in total. The Morgan fingerprint density at radius 2 is 1.96 bits per heavy atom. The van der Waals surface area contributed by atoms with Gasteiger partial charge in [-0.2, -0.15) is 5.10 Å². The molecule has 1 aromatic heterocycles. The second kappa shape index (κ2) is 9.02. The normalized spacial score (nSPS) is 12.2. The maximum Gasteiger partial charge on any atom is 0.221 e. The minimum Gasteiger partial charge on any atom is -0.354 e. The third-order valence-electron chi connectivity index (χ3n) is 4.36. The van der Waals surface area contributed by atoms with Crippen LogP contribution < -0.4 is 10.6 Å². The lowest BCUT2D eigenvalue weighted by Crippen LogP contribution is -2.33. The van der Waals surface area contributed by atoms with Crippen LogP contribution in [0.25, 0.3) is 5.69 Å². The van der Waals surface area contributed by atoms with Crippen LogP contribution in [-0.4, -0.2) is 28.3 Å². The number of aryl methyl sites for hydroxylation is 1. The quantitative estimate of drug-likeness (QED) is 0.706. The summed E-state index contributed by atoms with van der Waals surface area (Å²) in [7, 11) is 0. The first-order valence-electron chi connectivity index (χ1n) is 8.73. The molecule has 0 radical (unpaired) electrons. The van der Waals surface area contributed by atoms with Crippen molar-refractivity contribution >= 4 is 17.5 Å². The molecule has 1 heterocycles. The molecule has 0 aliphatic heterocycles. The van der Waals surface area contributed by atoms with Gasteiger partial charge in [0.1, 0.15) is 0 Å². The second-order valence-corrected chi connectivity index (χ2v) is 6.78. The first kappa shape index (κ1) is 19.5. The number of benzene rings is 1. The summed E-state index contributed by atoms with van der Waals surface area (Å²) in [5.74, 6) is 0.0900. The maximum absolute atomic E-state index is 11.8. The number of carbonyl (C=O) groups is 1. The van der Waals surface area contributed by atoms with Gasteiger partial charge in [-0.3, -0.25) is 4.79 Å². The van der Waals surface area contributed by atoms with Crippen molar-refractivity contribution in [1.82, 2.24) is 20.4 Å². The highest BCUT2D eigenvalue weighted by Gasteiger charge is 2.13. The summed E-state index contributed by atoms with van der Waals surface area (Å²) in [5.41, 5.74) is 4.24. The number of aromatic nitrogens is 2. The van der Waals surface area contributed by atoms with E-state index >= 15 is 0 Å². The molecule has 0 saturated heterocycles. The van der Waals surface area contributed by atoms with Crippen LogP contribution in [0.2, 0.25) is 5.02 Å². The van der Waals surface area contributed by atoms with E-state index < -0.39 is 0 Å². The van der Waals surface area contributed by atoms with Gasteiger partial charge in [-0.15, -0.1) is 0 Å². The molecule has 2 N–H and O–H groups in total. The maximum atomic E-state index is 11.8. The summed E-state index contributed by atoms with van der Waals surface area (Å²) in [6.07, 6.45) is 1.43. The Balaban J connectivity index is 1.93. The van der Waals surface area contributed by atoms with Crippen molar-refractivity contribution in [2.45, 2.75) is 53.1 Å². The molecular formula is C19H27ClN4O. The summed E-state index contributed by atoms with van der Waals surface area (Å²) in [5, 5.41) is 11.7. The number of rotatable bonds is 8. The Morgan fingerprint density at radius 3 is 2.60 bits per heavy atom. The van der Waals surface area contributed by atoms with Crippen molar-refractivity contribution in [1.29, 1.82) is 0 Å². The second-order valence-electron chi connectivity index (χ2n) is 6.34. The van der Waals surface area contributed by atoms with E-state index in [-0.39, 0.29) is 11.9 Å². The number of amides is 1. The zero-order chi connectivity index (χ0) is 18.4. The Labute approximate surface area is 154 Å². The van der Waals surface area contributed by atoms with Crippen LogP contribution in [0, 0.1) is 13.8 Å². The van der Waals surface area contributed by atoms with Crippen molar-refractivity contribution in [3.8, 4) is 5.69 Å². The van der Waals surface area contributed by atoms with Crippen LogP contribution in [0.3, 0.4) is 0 Å². The molecule has 0 spiro atoms. The molecule has 2 aromatic rings. The van der Waals surface area contributed by atoms with Crippen LogP contribution >= 0.6 is 11.6 Å². The zero-order valence-electron chi connectivity index (χ0n) is 15.4. The molecule has 0 aliphatic carbocycles. The lowest BCUT2D eigenvalue weighted by molar-refractivity contribution is -0.121. The van der Waals surface area contributed by atoms with Gasteiger partial charge in [0, 0.05) is 41.8 Å². The number of carbonyl (C=O) groups excluding carboxylic acids is 1.